The first-order valence-electron chi connectivity index (χ1n) is 9.69. The molecule has 2 aromatic heterocycles. The van der Waals surface area contributed by atoms with Gasteiger partial charge in [-0.2, -0.15) is 0 Å². The molecule has 0 saturated carbocycles. The highest BCUT2D eigenvalue weighted by Crippen LogP contribution is 2.42. The lowest BCUT2D eigenvalue weighted by atomic mass is 9.92. The fourth-order valence-electron chi connectivity index (χ4n) is 3.91. The van der Waals surface area contributed by atoms with Crippen LogP contribution >= 0.6 is 0 Å². The lowest BCUT2D eigenvalue weighted by Crippen LogP contribution is -2.30. The molecule has 0 bridgehead atoms. The van der Waals surface area contributed by atoms with E-state index in [4.69, 9.17) is 0 Å². The number of fused-ring (bicyclic) bond motifs is 1. The third-order valence-electron chi connectivity index (χ3n) is 5.22. The Hall–Kier alpha value is -3.41. The van der Waals surface area contributed by atoms with Crippen molar-refractivity contribution in [3.8, 4) is 0 Å². The van der Waals surface area contributed by atoms with E-state index in [-0.39, 0.29) is 30.2 Å². The minimum atomic E-state index is -0.641. The number of carbonyl (C=O) groups excluding carboxylic acids is 2. The number of hydrogen-bond acceptors (Lipinski definition) is 4. The zero-order valence-electron chi connectivity index (χ0n) is 16.4. The van der Waals surface area contributed by atoms with Crippen LogP contribution in [0.25, 0.3) is 10.9 Å². The molecule has 1 aliphatic rings. The summed E-state index contributed by atoms with van der Waals surface area (Å²) < 4.78 is 0. The fourth-order valence-corrected chi connectivity index (χ4v) is 3.91. The third-order valence-corrected chi connectivity index (χ3v) is 5.22. The zero-order valence-corrected chi connectivity index (χ0v) is 16.4. The van der Waals surface area contributed by atoms with Gasteiger partial charge in [0, 0.05) is 48.0 Å². The molecule has 0 saturated heterocycles. The van der Waals surface area contributed by atoms with E-state index < -0.39 is 17.7 Å². The number of Topliss-reactive ketones (excluding diaryl/α,β-unsaturated/α-hetero) is 1. The maximum Gasteiger partial charge on any atom is 0.290 e. The van der Waals surface area contributed by atoms with Crippen molar-refractivity contribution in [2.24, 2.45) is 5.92 Å². The van der Waals surface area contributed by atoms with Gasteiger partial charge in [-0.3, -0.25) is 14.6 Å². The van der Waals surface area contributed by atoms with Gasteiger partial charge < -0.3 is 15.0 Å². The molecular weight excluding hydrogens is 366 g/mol. The van der Waals surface area contributed by atoms with Crippen molar-refractivity contribution in [2.75, 3.05) is 0 Å². The summed E-state index contributed by atoms with van der Waals surface area (Å²) in [4.78, 5) is 34.8. The number of carbonyl (C=O) groups is 2. The fraction of sp³-hybridized carbons (Fsp3) is 0.261. The molecule has 0 radical (unpaired) electrons. The smallest absolute Gasteiger partial charge is 0.290 e. The molecule has 3 aromatic rings. The van der Waals surface area contributed by atoms with E-state index in [0.29, 0.717) is 0 Å². The number of benzene rings is 1. The number of aromatic amines is 1. The van der Waals surface area contributed by atoms with Crippen LogP contribution in [0.1, 0.15) is 37.4 Å². The molecule has 2 N–H and O–H groups in total. The summed E-state index contributed by atoms with van der Waals surface area (Å²) in [6, 6.07) is 10.8. The van der Waals surface area contributed by atoms with Crippen molar-refractivity contribution in [1.82, 2.24) is 14.9 Å². The van der Waals surface area contributed by atoms with Gasteiger partial charge in [0.05, 0.1) is 11.6 Å². The lowest BCUT2D eigenvalue weighted by molar-refractivity contribution is -0.130. The van der Waals surface area contributed by atoms with Crippen LogP contribution in [0.5, 0.6) is 0 Å². The highest BCUT2D eigenvalue weighted by Gasteiger charge is 2.44. The van der Waals surface area contributed by atoms with Gasteiger partial charge in [-0.1, -0.05) is 32.0 Å². The number of aromatic nitrogens is 2. The molecule has 1 aromatic carbocycles. The first-order chi connectivity index (χ1) is 14.0. The Morgan fingerprint density at radius 2 is 1.93 bits per heavy atom. The summed E-state index contributed by atoms with van der Waals surface area (Å²) in [6.07, 6.45) is 5.42. The maximum atomic E-state index is 13.0. The highest BCUT2D eigenvalue weighted by molar-refractivity contribution is 6.09. The summed E-state index contributed by atoms with van der Waals surface area (Å²) in [5.74, 6) is -1.04. The van der Waals surface area contributed by atoms with Gasteiger partial charge in [0.1, 0.15) is 0 Å². The van der Waals surface area contributed by atoms with Gasteiger partial charge in [0.15, 0.2) is 11.5 Å². The van der Waals surface area contributed by atoms with Crippen LogP contribution in [-0.4, -0.2) is 31.7 Å². The molecule has 1 unspecified atom stereocenters. The monoisotopic (exact) mass is 389 g/mol. The standard InChI is InChI=1S/C23H23N3O3/c1-14(2)11-19(27)20-21(17-12-25-18-6-4-3-5-16(17)18)26(23(29)22(20)28)13-15-7-9-24-10-8-15/h3-10,12,14,21,25,28H,11,13H2,1-2H3. The summed E-state index contributed by atoms with van der Waals surface area (Å²) in [7, 11) is 0. The van der Waals surface area contributed by atoms with Gasteiger partial charge in [-0.25, -0.2) is 0 Å². The van der Waals surface area contributed by atoms with E-state index in [2.05, 4.69) is 9.97 Å². The third kappa shape index (κ3) is 3.42. The summed E-state index contributed by atoms with van der Waals surface area (Å²) >= 11 is 0. The van der Waals surface area contributed by atoms with Gasteiger partial charge in [0.2, 0.25) is 0 Å². The Bertz CT molecular complexity index is 1100. The topological polar surface area (TPSA) is 86.3 Å². The quantitative estimate of drug-likeness (QED) is 0.665. The molecule has 0 aliphatic carbocycles. The zero-order chi connectivity index (χ0) is 20.5. The molecule has 29 heavy (non-hydrogen) atoms. The average Bonchev–Trinajstić information content (AvgIpc) is 3.22. The van der Waals surface area contributed by atoms with Gasteiger partial charge in [-0.15, -0.1) is 0 Å². The maximum absolute atomic E-state index is 13.0. The van der Waals surface area contributed by atoms with Crippen LogP contribution in [0.3, 0.4) is 0 Å². The average molecular weight is 389 g/mol. The number of para-hydroxylation sites is 1. The number of aliphatic hydroxyl groups is 1. The van der Waals surface area contributed by atoms with E-state index in [1.807, 2.05) is 56.4 Å². The number of rotatable bonds is 6. The number of hydrogen-bond donors (Lipinski definition) is 2. The Kier molecular flexibility index (Phi) is 4.92. The van der Waals surface area contributed by atoms with E-state index in [9.17, 15) is 14.7 Å². The predicted octanol–water partition coefficient (Wildman–Crippen LogP) is 4.07. The van der Waals surface area contributed by atoms with Crippen LogP contribution in [0.4, 0.5) is 0 Å². The molecule has 6 nitrogen and oxygen atoms in total. The number of nitrogens with one attached hydrogen (secondary N) is 1. The Morgan fingerprint density at radius 3 is 2.66 bits per heavy atom. The second-order valence-corrected chi connectivity index (χ2v) is 7.76. The number of ketones is 1. The molecule has 6 heteroatoms. The molecule has 1 atom stereocenters. The van der Waals surface area contributed by atoms with Crippen molar-refractivity contribution in [3.63, 3.8) is 0 Å². The summed E-state index contributed by atoms with van der Waals surface area (Å²) in [5, 5.41) is 11.6. The summed E-state index contributed by atoms with van der Waals surface area (Å²) in [6.45, 7) is 4.16. The number of aliphatic hydroxyl groups excluding tert-OH is 1. The van der Waals surface area contributed by atoms with Crippen LogP contribution in [-0.2, 0) is 16.1 Å². The number of amides is 1. The predicted molar refractivity (Wildman–Crippen MR) is 110 cm³/mol. The van der Waals surface area contributed by atoms with Crippen LogP contribution in [0, 0.1) is 5.92 Å². The Balaban J connectivity index is 1.83. The number of H-pyrrole nitrogens is 1. The molecule has 148 valence electrons. The molecule has 1 aliphatic heterocycles. The van der Waals surface area contributed by atoms with E-state index in [1.54, 1.807) is 17.3 Å². The molecule has 0 spiro atoms. The van der Waals surface area contributed by atoms with Gasteiger partial charge >= 0.3 is 0 Å². The van der Waals surface area contributed by atoms with Crippen molar-refractivity contribution < 1.29 is 14.7 Å². The van der Waals surface area contributed by atoms with E-state index in [0.717, 1.165) is 22.0 Å². The molecule has 3 heterocycles. The Labute approximate surface area is 168 Å². The second kappa shape index (κ2) is 7.54. The molecular formula is C23H23N3O3. The summed E-state index contributed by atoms with van der Waals surface area (Å²) in [5.41, 5.74) is 2.78. The Morgan fingerprint density at radius 1 is 1.21 bits per heavy atom. The van der Waals surface area contributed by atoms with E-state index in [1.165, 1.54) is 0 Å². The largest absolute Gasteiger partial charge is 0.503 e. The van der Waals surface area contributed by atoms with Crippen molar-refractivity contribution >= 4 is 22.6 Å². The van der Waals surface area contributed by atoms with E-state index >= 15 is 0 Å². The number of pyridine rings is 1. The highest BCUT2D eigenvalue weighted by atomic mass is 16.3. The van der Waals surface area contributed by atoms with Gasteiger partial charge in [-0.05, 0) is 29.7 Å². The first kappa shape index (κ1) is 18.9. The van der Waals surface area contributed by atoms with Crippen LogP contribution < -0.4 is 0 Å². The normalized spacial score (nSPS) is 17.0. The van der Waals surface area contributed by atoms with Crippen molar-refractivity contribution in [1.29, 1.82) is 0 Å². The van der Waals surface area contributed by atoms with Crippen molar-refractivity contribution in [2.45, 2.75) is 32.9 Å². The minimum Gasteiger partial charge on any atom is -0.503 e. The SMILES string of the molecule is CC(C)CC(=O)C1=C(O)C(=O)N(Cc2ccncc2)C1c1c[nH]c2ccccc12. The van der Waals surface area contributed by atoms with Crippen LogP contribution in [0.15, 0.2) is 66.3 Å². The molecule has 0 fully saturated rings. The first-order valence-corrected chi connectivity index (χ1v) is 9.69. The second-order valence-electron chi connectivity index (χ2n) is 7.76. The van der Waals surface area contributed by atoms with Crippen LogP contribution in [0.2, 0.25) is 0 Å². The van der Waals surface area contributed by atoms with Crippen molar-refractivity contribution in [3.05, 3.63) is 77.4 Å². The minimum absolute atomic E-state index is 0.121. The number of nitrogens with zero attached hydrogens (tertiary/aromatic N) is 2. The molecule has 1 amide bonds. The molecule has 4 rings (SSSR count). The lowest BCUT2D eigenvalue weighted by Gasteiger charge is -2.26. The van der Waals surface area contributed by atoms with Gasteiger partial charge in [0.25, 0.3) is 5.91 Å².